The Balaban J connectivity index is 1.64. The Morgan fingerprint density at radius 1 is 0.846 bits per heavy atom. The van der Waals surface area contributed by atoms with Gasteiger partial charge in [0.2, 0.25) is 0 Å². The van der Waals surface area contributed by atoms with Crippen molar-refractivity contribution in [2.45, 2.75) is 0 Å². The summed E-state index contributed by atoms with van der Waals surface area (Å²) in [4.78, 5) is 24.0. The number of halogens is 1. The van der Waals surface area contributed by atoms with Crippen LogP contribution in [-0.4, -0.2) is 18.5 Å². The van der Waals surface area contributed by atoms with Crippen molar-refractivity contribution >= 4 is 17.6 Å². The number of carbonyl (C=O) groups excluding carboxylic acids is 2. The molecule has 0 saturated heterocycles. The van der Waals surface area contributed by atoms with E-state index in [9.17, 15) is 14.0 Å². The van der Waals surface area contributed by atoms with E-state index in [1.807, 2.05) is 48.5 Å². The lowest BCUT2D eigenvalue weighted by Crippen LogP contribution is -2.21. The summed E-state index contributed by atoms with van der Waals surface area (Å²) in [7, 11) is 0. The van der Waals surface area contributed by atoms with Gasteiger partial charge >= 0.3 is 5.97 Å². The molecule has 0 aliphatic heterocycles. The fourth-order valence-electron chi connectivity index (χ4n) is 2.45. The summed E-state index contributed by atoms with van der Waals surface area (Å²) in [6.45, 7) is -0.431. The van der Waals surface area contributed by atoms with E-state index in [4.69, 9.17) is 4.74 Å². The predicted octanol–water partition coefficient (Wildman–Crippen LogP) is 4.29. The van der Waals surface area contributed by atoms with Crippen molar-refractivity contribution in [2.75, 3.05) is 11.9 Å². The van der Waals surface area contributed by atoms with E-state index < -0.39 is 24.3 Å². The Kier molecular flexibility index (Phi) is 5.39. The summed E-state index contributed by atoms with van der Waals surface area (Å²) in [6.07, 6.45) is 0. The van der Waals surface area contributed by atoms with Crippen LogP contribution in [0.15, 0.2) is 78.9 Å². The van der Waals surface area contributed by atoms with Gasteiger partial charge < -0.3 is 10.1 Å². The van der Waals surface area contributed by atoms with Gasteiger partial charge in [0.25, 0.3) is 5.91 Å². The lowest BCUT2D eigenvalue weighted by Gasteiger charge is -2.11. The molecule has 0 spiro atoms. The topological polar surface area (TPSA) is 55.4 Å². The third kappa shape index (κ3) is 4.33. The summed E-state index contributed by atoms with van der Waals surface area (Å²) in [5, 5.41) is 2.75. The van der Waals surface area contributed by atoms with Crippen molar-refractivity contribution in [3.8, 4) is 11.1 Å². The molecule has 3 aromatic rings. The molecule has 3 rings (SSSR count). The van der Waals surface area contributed by atoms with Gasteiger partial charge in [0.1, 0.15) is 5.82 Å². The molecule has 0 aliphatic carbocycles. The van der Waals surface area contributed by atoms with Crippen LogP contribution in [0.1, 0.15) is 10.4 Å². The number of rotatable bonds is 5. The van der Waals surface area contributed by atoms with E-state index in [2.05, 4.69) is 5.32 Å². The van der Waals surface area contributed by atoms with Crippen LogP contribution >= 0.6 is 0 Å². The van der Waals surface area contributed by atoms with Crippen LogP contribution in [0.4, 0.5) is 10.1 Å². The highest BCUT2D eigenvalue weighted by molar-refractivity contribution is 5.98. The van der Waals surface area contributed by atoms with Crippen LogP contribution < -0.4 is 5.32 Å². The Bertz CT molecular complexity index is 908. The molecule has 0 aromatic heterocycles. The first kappa shape index (κ1) is 17.4. The molecule has 0 unspecified atom stereocenters. The second-order valence-corrected chi connectivity index (χ2v) is 5.54. The van der Waals surface area contributed by atoms with E-state index in [0.29, 0.717) is 5.69 Å². The molecule has 0 radical (unpaired) electrons. The fourth-order valence-corrected chi connectivity index (χ4v) is 2.45. The molecular formula is C21H16FNO3. The first-order valence-electron chi connectivity index (χ1n) is 8.00. The maximum Gasteiger partial charge on any atom is 0.338 e. The number of benzene rings is 3. The van der Waals surface area contributed by atoms with Crippen molar-refractivity contribution in [1.29, 1.82) is 0 Å². The van der Waals surface area contributed by atoms with Crippen LogP contribution in [0.2, 0.25) is 0 Å². The van der Waals surface area contributed by atoms with Gasteiger partial charge in [-0.2, -0.15) is 0 Å². The number of para-hydroxylation sites is 1. The monoisotopic (exact) mass is 349 g/mol. The molecular weight excluding hydrogens is 333 g/mol. The van der Waals surface area contributed by atoms with Crippen LogP contribution in [-0.2, 0) is 9.53 Å². The van der Waals surface area contributed by atoms with Gasteiger partial charge in [-0.15, -0.1) is 0 Å². The minimum absolute atomic E-state index is 0.184. The minimum atomic E-state index is -0.684. The maximum absolute atomic E-state index is 12.9. The number of nitrogens with one attached hydrogen (secondary N) is 1. The summed E-state index contributed by atoms with van der Waals surface area (Å²) in [5.41, 5.74) is 2.64. The lowest BCUT2D eigenvalue weighted by atomic mass is 10.0. The Morgan fingerprint density at radius 2 is 1.50 bits per heavy atom. The lowest BCUT2D eigenvalue weighted by molar-refractivity contribution is -0.119. The number of ether oxygens (including phenoxy) is 1. The van der Waals surface area contributed by atoms with Gasteiger partial charge in [0, 0.05) is 11.3 Å². The van der Waals surface area contributed by atoms with Crippen molar-refractivity contribution in [3.63, 3.8) is 0 Å². The molecule has 1 amide bonds. The van der Waals surface area contributed by atoms with Crippen molar-refractivity contribution in [2.24, 2.45) is 0 Å². The summed E-state index contributed by atoms with van der Waals surface area (Å²) in [5.74, 6) is -1.59. The molecule has 5 heteroatoms. The molecule has 0 bridgehead atoms. The van der Waals surface area contributed by atoms with Gasteiger partial charge in [0.05, 0.1) is 5.56 Å². The average molecular weight is 349 g/mol. The number of amides is 1. The van der Waals surface area contributed by atoms with E-state index in [0.717, 1.165) is 23.3 Å². The van der Waals surface area contributed by atoms with Gasteiger partial charge in [0.15, 0.2) is 6.61 Å². The number of esters is 1. The Morgan fingerprint density at radius 3 is 2.23 bits per heavy atom. The first-order chi connectivity index (χ1) is 12.6. The highest BCUT2D eigenvalue weighted by atomic mass is 19.1. The van der Waals surface area contributed by atoms with E-state index in [1.165, 1.54) is 12.1 Å². The maximum atomic E-state index is 12.9. The first-order valence-corrected chi connectivity index (χ1v) is 8.00. The largest absolute Gasteiger partial charge is 0.452 e. The van der Waals surface area contributed by atoms with Crippen molar-refractivity contribution in [1.82, 2.24) is 0 Å². The second kappa shape index (κ2) is 8.07. The molecule has 0 aliphatic rings. The van der Waals surface area contributed by atoms with Crippen molar-refractivity contribution < 1.29 is 18.7 Å². The number of carbonyl (C=O) groups is 2. The zero-order chi connectivity index (χ0) is 18.4. The fraction of sp³-hybridized carbons (Fsp3) is 0.0476. The third-order valence-electron chi connectivity index (χ3n) is 3.70. The minimum Gasteiger partial charge on any atom is -0.452 e. The van der Waals surface area contributed by atoms with Crippen LogP contribution in [0.5, 0.6) is 0 Å². The summed E-state index contributed by atoms with van der Waals surface area (Å²) >= 11 is 0. The molecule has 0 fully saturated rings. The molecule has 4 nitrogen and oxygen atoms in total. The molecule has 0 saturated carbocycles. The molecule has 130 valence electrons. The zero-order valence-corrected chi connectivity index (χ0v) is 13.8. The quantitative estimate of drug-likeness (QED) is 0.699. The molecule has 1 N–H and O–H groups in total. The highest BCUT2D eigenvalue weighted by Gasteiger charge is 2.12. The van der Waals surface area contributed by atoms with E-state index >= 15 is 0 Å². The molecule has 26 heavy (non-hydrogen) atoms. The summed E-state index contributed by atoms with van der Waals surface area (Å²) < 4.78 is 17.8. The molecule has 0 atom stereocenters. The zero-order valence-electron chi connectivity index (χ0n) is 13.8. The van der Waals surface area contributed by atoms with E-state index in [1.54, 1.807) is 6.07 Å². The normalized spacial score (nSPS) is 10.2. The van der Waals surface area contributed by atoms with Gasteiger partial charge in [-0.25, -0.2) is 9.18 Å². The summed E-state index contributed by atoms with van der Waals surface area (Å²) in [6, 6.07) is 21.9. The molecule has 0 heterocycles. The Hall–Kier alpha value is -3.47. The van der Waals surface area contributed by atoms with Crippen molar-refractivity contribution in [3.05, 3.63) is 90.2 Å². The van der Waals surface area contributed by atoms with Crippen LogP contribution in [0.3, 0.4) is 0 Å². The average Bonchev–Trinajstić information content (AvgIpc) is 2.68. The number of hydrogen-bond acceptors (Lipinski definition) is 3. The predicted molar refractivity (Wildman–Crippen MR) is 97.2 cm³/mol. The standard InChI is InChI=1S/C21H16FNO3/c22-17-12-10-16(11-13-17)21(25)26-14-20(24)23-19-9-5-4-8-18(19)15-6-2-1-3-7-15/h1-13H,14H2,(H,23,24). The highest BCUT2D eigenvalue weighted by Crippen LogP contribution is 2.27. The van der Waals surface area contributed by atoms with Gasteiger partial charge in [-0.3, -0.25) is 4.79 Å². The van der Waals surface area contributed by atoms with Gasteiger partial charge in [-0.05, 0) is 35.9 Å². The Labute approximate surface area is 150 Å². The number of anilines is 1. The smallest absolute Gasteiger partial charge is 0.338 e. The second-order valence-electron chi connectivity index (χ2n) is 5.54. The van der Waals surface area contributed by atoms with E-state index in [-0.39, 0.29) is 5.56 Å². The third-order valence-corrected chi connectivity index (χ3v) is 3.70. The molecule has 3 aromatic carbocycles. The van der Waals surface area contributed by atoms with Crippen LogP contribution in [0.25, 0.3) is 11.1 Å². The number of hydrogen-bond donors (Lipinski definition) is 1. The SMILES string of the molecule is O=C(COC(=O)c1ccc(F)cc1)Nc1ccccc1-c1ccccc1. The van der Waals surface area contributed by atoms with Gasteiger partial charge in [-0.1, -0.05) is 48.5 Å². The van der Waals surface area contributed by atoms with Crippen LogP contribution in [0, 0.1) is 5.82 Å².